The van der Waals surface area contributed by atoms with Gasteiger partial charge in [0.2, 0.25) is 0 Å². The first-order valence-electron chi connectivity index (χ1n) is 6.76. The van der Waals surface area contributed by atoms with Crippen molar-refractivity contribution in [3.8, 4) is 0 Å². The largest absolute Gasteiger partial charge is 0.383 e. The van der Waals surface area contributed by atoms with Crippen LogP contribution in [0.3, 0.4) is 0 Å². The van der Waals surface area contributed by atoms with Crippen LogP contribution in [0, 0.1) is 5.92 Å². The molecule has 2 unspecified atom stereocenters. The molecule has 2 nitrogen and oxygen atoms in total. The summed E-state index contributed by atoms with van der Waals surface area (Å²) >= 11 is 5.92. The summed E-state index contributed by atoms with van der Waals surface area (Å²) in [6.45, 7) is 2.85. The number of ether oxygens (including phenoxy) is 1. The van der Waals surface area contributed by atoms with Crippen LogP contribution in [0.5, 0.6) is 0 Å². The third kappa shape index (κ3) is 3.71. The van der Waals surface area contributed by atoms with Crippen LogP contribution in [0.15, 0.2) is 24.3 Å². The third-order valence-electron chi connectivity index (χ3n) is 3.89. The highest BCUT2D eigenvalue weighted by molar-refractivity contribution is 6.30. The lowest BCUT2D eigenvalue weighted by Crippen LogP contribution is -2.29. The normalized spacial score (nSPS) is 22.8. The van der Waals surface area contributed by atoms with Crippen molar-refractivity contribution in [1.82, 2.24) is 5.32 Å². The molecule has 0 bridgehead atoms. The topological polar surface area (TPSA) is 21.3 Å². The quantitative estimate of drug-likeness (QED) is 0.764. The van der Waals surface area contributed by atoms with Gasteiger partial charge in [0.1, 0.15) is 0 Å². The minimum absolute atomic E-state index is 0.742. The molecule has 0 saturated heterocycles. The molecule has 100 valence electrons. The van der Waals surface area contributed by atoms with Crippen molar-refractivity contribution in [2.45, 2.75) is 25.2 Å². The van der Waals surface area contributed by atoms with E-state index in [0.29, 0.717) is 0 Å². The highest BCUT2D eigenvalue weighted by Gasteiger charge is 2.31. The zero-order valence-electron chi connectivity index (χ0n) is 11.0. The maximum atomic E-state index is 5.92. The first kappa shape index (κ1) is 13.9. The summed E-state index contributed by atoms with van der Waals surface area (Å²) in [6.07, 6.45) is 3.95. The van der Waals surface area contributed by atoms with Crippen LogP contribution in [-0.2, 0) is 4.74 Å². The summed E-state index contributed by atoms with van der Waals surface area (Å²) in [5.74, 6) is 1.58. The zero-order valence-corrected chi connectivity index (χ0v) is 11.7. The fraction of sp³-hybridized carbons (Fsp3) is 0.600. The van der Waals surface area contributed by atoms with E-state index < -0.39 is 0 Å². The number of hydrogen-bond acceptors (Lipinski definition) is 2. The highest BCUT2D eigenvalue weighted by Crippen LogP contribution is 2.44. The van der Waals surface area contributed by atoms with E-state index in [9.17, 15) is 0 Å². The van der Waals surface area contributed by atoms with Crippen molar-refractivity contribution in [1.29, 1.82) is 0 Å². The van der Waals surface area contributed by atoms with Crippen molar-refractivity contribution in [2.24, 2.45) is 5.92 Å². The first-order chi connectivity index (χ1) is 8.81. The molecule has 0 spiro atoms. The van der Waals surface area contributed by atoms with Crippen molar-refractivity contribution in [3.63, 3.8) is 0 Å². The van der Waals surface area contributed by atoms with E-state index in [1.807, 2.05) is 12.1 Å². The van der Waals surface area contributed by atoms with Crippen molar-refractivity contribution in [3.05, 3.63) is 34.9 Å². The van der Waals surface area contributed by atoms with Crippen LogP contribution in [0.2, 0.25) is 5.02 Å². The Hall–Kier alpha value is -0.570. The molecule has 2 atom stereocenters. The molecule has 0 radical (unpaired) electrons. The first-order valence-corrected chi connectivity index (χ1v) is 7.14. The molecule has 0 aliphatic heterocycles. The van der Waals surface area contributed by atoms with Gasteiger partial charge in [0.15, 0.2) is 0 Å². The SMILES string of the molecule is COCCNCCC1CCC1c1ccc(Cl)cc1. The number of nitrogens with one attached hydrogen (secondary N) is 1. The molecule has 1 aromatic rings. The number of hydrogen-bond donors (Lipinski definition) is 1. The molecule has 1 fully saturated rings. The predicted octanol–water partition coefficient (Wildman–Crippen LogP) is 3.46. The predicted molar refractivity (Wildman–Crippen MR) is 76.3 cm³/mol. The van der Waals surface area contributed by atoms with Gasteiger partial charge in [0.25, 0.3) is 0 Å². The second kappa shape index (κ2) is 7.13. The lowest BCUT2D eigenvalue weighted by molar-refractivity contribution is 0.194. The summed E-state index contributed by atoms with van der Waals surface area (Å²) in [6, 6.07) is 8.36. The van der Waals surface area contributed by atoms with Crippen LogP contribution < -0.4 is 5.32 Å². The minimum Gasteiger partial charge on any atom is -0.383 e. The Bertz CT molecular complexity index is 352. The molecule has 0 amide bonds. The molecule has 1 aliphatic rings. The van der Waals surface area contributed by atoms with Crippen molar-refractivity contribution >= 4 is 11.6 Å². The Morgan fingerprint density at radius 2 is 2.00 bits per heavy atom. The Balaban J connectivity index is 1.73. The average Bonchev–Trinajstić information content (AvgIpc) is 2.35. The van der Waals surface area contributed by atoms with E-state index in [1.54, 1.807) is 7.11 Å². The maximum absolute atomic E-state index is 5.92. The Morgan fingerprint density at radius 1 is 1.22 bits per heavy atom. The molecular formula is C15H22ClNO. The van der Waals surface area contributed by atoms with Gasteiger partial charge >= 0.3 is 0 Å². The fourth-order valence-electron chi connectivity index (χ4n) is 2.65. The van der Waals surface area contributed by atoms with Gasteiger partial charge in [-0.15, -0.1) is 0 Å². The molecule has 0 aromatic heterocycles. The molecule has 1 aliphatic carbocycles. The molecule has 0 heterocycles. The average molecular weight is 268 g/mol. The minimum atomic E-state index is 0.742. The zero-order chi connectivity index (χ0) is 12.8. The van der Waals surface area contributed by atoms with E-state index in [2.05, 4.69) is 17.4 Å². The fourth-order valence-corrected chi connectivity index (χ4v) is 2.78. The number of halogens is 1. The lowest BCUT2D eigenvalue weighted by Gasteiger charge is -2.37. The molecule has 3 heteroatoms. The van der Waals surface area contributed by atoms with E-state index in [0.717, 1.165) is 36.6 Å². The highest BCUT2D eigenvalue weighted by atomic mass is 35.5. The molecular weight excluding hydrogens is 246 g/mol. The molecule has 2 rings (SSSR count). The van der Waals surface area contributed by atoms with Crippen LogP contribution in [0.4, 0.5) is 0 Å². The number of rotatable bonds is 7. The van der Waals surface area contributed by atoms with Gasteiger partial charge in [0.05, 0.1) is 6.61 Å². The van der Waals surface area contributed by atoms with Gasteiger partial charge < -0.3 is 10.1 Å². The van der Waals surface area contributed by atoms with E-state index >= 15 is 0 Å². The van der Waals surface area contributed by atoms with E-state index in [-0.39, 0.29) is 0 Å². The number of methoxy groups -OCH3 is 1. The summed E-state index contributed by atoms with van der Waals surface area (Å²) in [7, 11) is 1.74. The Labute approximate surface area is 115 Å². The summed E-state index contributed by atoms with van der Waals surface area (Å²) in [5.41, 5.74) is 1.45. The third-order valence-corrected chi connectivity index (χ3v) is 4.14. The van der Waals surface area contributed by atoms with Gasteiger partial charge in [-0.05, 0) is 55.3 Å². The van der Waals surface area contributed by atoms with Crippen LogP contribution in [0.25, 0.3) is 0 Å². The maximum Gasteiger partial charge on any atom is 0.0587 e. The lowest BCUT2D eigenvalue weighted by atomic mass is 9.68. The smallest absolute Gasteiger partial charge is 0.0587 e. The van der Waals surface area contributed by atoms with Crippen LogP contribution in [0.1, 0.15) is 30.7 Å². The van der Waals surface area contributed by atoms with Crippen molar-refractivity contribution in [2.75, 3.05) is 26.8 Å². The summed E-state index contributed by atoms with van der Waals surface area (Å²) in [5, 5.41) is 4.25. The monoisotopic (exact) mass is 267 g/mol. The van der Waals surface area contributed by atoms with Gasteiger partial charge in [-0.1, -0.05) is 23.7 Å². The van der Waals surface area contributed by atoms with E-state index in [1.165, 1.54) is 24.8 Å². The van der Waals surface area contributed by atoms with Gasteiger partial charge in [0, 0.05) is 18.7 Å². The van der Waals surface area contributed by atoms with Gasteiger partial charge in [-0.3, -0.25) is 0 Å². The van der Waals surface area contributed by atoms with Crippen LogP contribution in [-0.4, -0.2) is 26.8 Å². The molecule has 1 saturated carbocycles. The number of benzene rings is 1. The van der Waals surface area contributed by atoms with Gasteiger partial charge in [-0.2, -0.15) is 0 Å². The summed E-state index contributed by atoms with van der Waals surface area (Å²) < 4.78 is 5.02. The standard InChI is InChI=1S/C15H22ClNO/c1-18-11-10-17-9-8-13-4-7-15(13)12-2-5-14(16)6-3-12/h2-3,5-6,13,15,17H,4,7-11H2,1H3. The molecule has 1 aromatic carbocycles. The second-order valence-electron chi connectivity index (χ2n) is 5.03. The molecule has 18 heavy (non-hydrogen) atoms. The van der Waals surface area contributed by atoms with Crippen LogP contribution >= 0.6 is 11.6 Å². The molecule has 1 N–H and O–H groups in total. The van der Waals surface area contributed by atoms with Gasteiger partial charge in [-0.25, -0.2) is 0 Å². The Morgan fingerprint density at radius 3 is 2.61 bits per heavy atom. The van der Waals surface area contributed by atoms with Crippen molar-refractivity contribution < 1.29 is 4.74 Å². The Kier molecular flexibility index (Phi) is 5.48. The summed E-state index contributed by atoms with van der Waals surface area (Å²) in [4.78, 5) is 0. The van der Waals surface area contributed by atoms with E-state index in [4.69, 9.17) is 16.3 Å². The second-order valence-corrected chi connectivity index (χ2v) is 5.46.